The molecule has 2 heteroatoms. The summed E-state index contributed by atoms with van der Waals surface area (Å²) in [7, 11) is 0. The van der Waals surface area contributed by atoms with E-state index in [-0.39, 0.29) is 0 Å². The second kappa shape index (κ2) is 5.27. The molecule has 2 heterocycles. The second-order valence-electron chi connectivity index (χ2n) is 6.47. The Kier molecular flexibility index (Phi) is 3.72. The van der Waals surface area contributed by atoms with Crippen LogP contribution in [-0.2, 0) is 4.74 Å². The summed E-state index contributed by atoms with van der Waals surface area (Å²) in [6, 6.07) is 0. The monoisotopic (exact) mass is 237 g/mol. The molecule has 17 heavy (non-hydrogen) atoms. The Labute approximate surface area is 105 Å². The van der Waals surface area contributed by atoms with Gasteiger partial charge in [0.15, 0.2) is 0 Å². The van der Waals surface area contributed by atoms with Crippen LogP contribution in [0.15, 0.2) is 0 Å². The fraction of sp³-hybridized carbons (Fsp3) is 1.00. The zero-order chi connectivity index (χ0) is 11.6. The first-order chi connectivity index (χ1) is 8.36. The average Bonchev–Trinajstić information content (AvgIpc) is 2.86. The summed E-state index contributed by atoms with van der Waals surface area (Å²) in [4.78, 5) is 0. The highest BCUT2D eigenvalue weighted by atomic mass is 16.5. The second-order valence-corrected chi connectivity index (χ2v) is 6.47. The van der Waals surface area contributed by atoms with Gasteiger partial charge in [-0.2, -0.15) is 0 Å². The van der Waals surface area contributed by atoms with Gasteiger partial charge in [-0.25, -0.2) is 0 Å². The van der Waals surface area contributed by atoms with Gasteiger partial charge in [0, 0.05) is 0 Å². The van der Waals surface area contributed by atoms with Gasteiger partial charge in [0.25, 0.3) is 0 Å². The van der Waals surface area contributed by atoms with Gasteiger partial charge in [-0.15, -0.1) is 0 Å². The Morgan fingerprint density at radius 1 is 1.00 bits per heavy atom. The van der Waals surface area contributed by atoms with Crippen molar-refractivity contribution in [1.29, 1.82) is 0 Å². The molecule has 0 aromatic rings. The predicted octanol–water partition coefficient (Wildman–Crippen LogP) is 3.26. The molecule has 1 saturated carbocycles. The molecule has 2 saturated heterocycles. The van der Waals surface area contributed by atoms with Gasteiger partial charge in [-0.1, -0.05) is 19.3 Å². The highest BCUT2D eigenvalue weighted by Gasteiger charge is 2.42. The highest BCUT2D eigenvalue weighted by Crippen LogP contribution is 2.44. The van der Waals surface area contributed by atoms with Crippen molar-refractivity contribution in [3.05, 3.63) is 0 Å². The van der Waals surface area contributed by atoms with Gasteiger partial charge in [0.2, 0.25) is 0 Å². The lowest BCUT2D eigenvalue weighted by molar-refractivity contribution is -0.0443. The van der Waals surface area contributed by atoms with E-state index in [0.29, 0.717) is 11.7 Å². The van der Waals surface area contributed by atoms with Gasteiger partial charge in [-0.3, -0.25) is 0 Å². The minimum absolute atomic E-state index is 0.336. The van der Waals surface area contributed by atoms with Crippen LogP contribution in [0.1, 0.15) is 64.2 Å². The number of hydrogen-bond donors (Lipinski definition) is 1. The molecule has 1 spiro atoms. The maximum atomic E-state index is 6.43. The molecule has 0 radical (unpaired) electrons. The van der Waals surface area contributed by atoms with Gasteiger partial charge < -0.3 is 10.1 Å². The van der Waals surface area contributed by atoms with Crippen molar-refractivity contribution in [1.82, 2.24) is 5.32 Å². The fourth-order valence-corrected chi connectivity index (χ4v) is 4.11. The molecule has 2 nitrogen and oxygen atoms in total. The lowest BCUT2D eigenvalue weighted by atomic mass is 9.94. The smallest absolute Gasteiger partial charge is 0.0687 e. The minimum atomic E-state index is 0.336. The van der Waals surface area contributed by atoms with Crippen LogP contribution >= 0.6 is 0 Å². The van der Waals surface area contributed by atoms with Crippen LogP contribution in [0.5, 0.6) is 0 Å². The molecule has 1 N–H and O–H groups in total. The minimum Gasteiger partial charge on any atom is -0.372 e. The van der Waals surface area contributed by atoms with E-state index >= 15 is 0 Å². The molecule has 2 unspecified atom stereocenters. The van der Waals surface area contributed by atoms with E-state index in [9.17, 15) is 0 Å². The molecule has 0 bridgehead atoms. The van der Waals surface area contributed by atoms with E-state index in [1.807, 2.05) is 0 Å². The van der Waals surface area contributed by atoms with Gasteiger partial charge in [0.05, 0.1) is 11.7 Å². The SMILES string of the molecule is C1CCC(CC2CCC3(CCCC3)O2)CNC1. The van der Waals surface area contributed by atoms with Gasteiger partial charge in [0.1, 0.15) is 0 Å². The molecule has 0 aromatic heterocycles. The Morgan fingerprint density at radius 3 is 2.76 bits per heavy atom. The topological polar surface area (TPSA) is 21.3 Å². The molecule has 0 amide bonds. The molecule has 3 rings (SSSR count). The first-order valence-electron chi connectivity index (χ1n) is 7.75. The van der Waals surface area contributed by atoms with Crippen LogP contribution in [0.3, 0.4) is 0 Å². The quantitative estimate of drug-likeness (QED) is 0.796. The highest BCUT2D eigenvalue weighted by molar-refractivity contribution is 4.93. The van der Waals surface area contributed by atoms with E-state index in [1.54, 1.807) is 0 Å². The maximum absolute atomic E-state index is 6.43. The summed E-state index contributed by atoms with van der Waals surface area (Å²) >= 11 is 0. The summed E-state index contributed by atoms with van der Waals surface area (Å²) in [6.07, 6.45) is 14.2. The van der Waals surface area contributed by atoms with E-state index in [0.717, 1.165) is 5.92 Å². The summed E-state index contributed by atoms with van der Waals surface area (Å²) in [5.74, 6) is 0.874. The molecule has 0 aromatic carbocycles. The van der Waals surface area contributed by atoms with Crippen LogP contribution in [-0.4, -0.2) is 24.8 Å². The normalized spacial score (nSPS) is 37.4. The largest absolute Gasteiger partial charge is 0.372 e. The van der Waals surface area contributed by atoms with Crippen LogP contribution in [0.25, 0.3) is 0 Å². The number of nitrogens with one attached hydrogen (secondary N) is 1. The van der Waals surface area contributed by atoms with E-state index < -0.39 is 0 Å². The van der Waals surface area contributed by atoms with Crippen LogP contribution < -0.4 is 5.32 Å². The summed E-state index contributed by atoms with van der Waals surface area (Å²) in [6.45, 7) is 2.46. The number of hydrogen-bond acceptors (Lipinski definition) is 2. The van der Waals surface area contributed by atoms with E-state index in [2.05, 4.69) is 5.32 Å². The Bertz CT molecular complexity index is 239. The number of rotatable bonds is 2. The van der Waals surface area contributed by atoms with E-state index in [4.69, 9.17) is 4.74 Å². The average molecular weight is 237 g/mol. The molecular weight excluding hydrogens is 210 g/mol. The molecule has 2 aliphatic heterocycles. The Balaban J connectivity index is 1.49. The van der Waals surface area contributed by atoms with E-state index in [1.165, 1.54) is 77.3 Å². The zero-order valence-corrected chi connectivity index (χ0v) is 11.0. The molecule has 1 aliphatic carbocycles. The van der Waals surface area contributed by atoms with Crippen molar-refractivity contribution in [2.75, 3.05) is 13.1 Å². The summed E-state index contributed by atoms with van der Waals surface area (Å²) < 4.78 is 6.43. The van der Waals surface area contributed by atoms with Crippen LogP contribution in [0.2, 0.25) is 0 Å². The van der Waals surface area contributed by atoms with Crippen molar-refractivity contribution in [3.8, 4) is 0 Å². The standard InChI is InChI=1S/C15H27NO/c1-4-10-16-12-13(5-1)11-14-6-9-15(17-14)7-2-3-8-15/h13-14,16H,1-12H2. The van der Waals surface area contributed by atoms with Crippen molar-refractivity contribution in [2.24, 2.45) is 5.92 Å². The molecule has 3 aliphatic rings. The lowest BCUT2D eigenvalue weighted by Crippen LogP contribution is -2.27. The first kappa shape index (κ1) is 12.0. The third kappa shape index (κ3) is 2.85. The molecule has 98 valence electrons. The fourth-order valence-electron chi connectivity index (χ4n) is 4.11. The summed E-state index contributed by atoms with van der Waals surface area (Å²) in [5.41, 5.74) is 0.336. The van der Waals surface area contributed by atoms with Crippen LogP contribution in [0.4, 0.5) is 0 Å². The Morgan fingerprint density at radius 2 is 1.88 bits per heavy atom. The van der Waals surface area contributed by atoms with Crippen LogP contribution in [0, 0.1) is 5.92 Å². The van der Waals surface area contributed by atoms with Crippen molar-refractivity contribution < 1.29 is 4.74 Å². The third-order valence-electron chi connectivity index (χ3n) is 5.10. The third-order valence-corrected chi connectivity index (χ3v) is 5.10. The van der Waals surface area contributed by atoms with Crippen molar-refractivity contribution >= 4 is 0 Å². The Hall–Kier alpha value is -0.0800. The predicted molar refractivity (Wildman–Crippen MR) is 70.1 cm³/mol. The molecule has 3 fully saturated rings. The maximum Gasteiger partial charge on any atom is 0.0687 e. The van der Waals surface area contributed by atoms with Crippen molar-refractivity contribution in [3.63, 3.8) is 0 Å². The molecule has 2 atom stereocenters. The lowest BCUT2D eigenvalue weighted by Gasteiger charge is -2.25. The zero-order valence-electron chi connectivity index (χ0n) is 11.0. The van der Waals surface area contributed by atoms with Crippen molar-refractivity contribution in [2.45, 2.75) is 75.9 Å². The van der Waals surface area contributed by atoms with Gasteiger partial charge in [-0.05, 0) is 64.0 Å². The van der Waals surface area contributed by atoms with Gasteiger partial charge >= 0.3 is 0 Å². The number of ether oxygens (including phenoxy) is 1. The molecular formula is C15H27NO. The summed E-state index contributed by atoms with van der Waals surface area (Å²) in [5, 5.41) is 3.58. The first-order valence-corrected chi connectivity index (χ1v) is 7.75.